The van der Waals surface area contributed by atoms with Crippen LogP contribution in [0.2, 0.25) is 5.02 Å². The zero-order valence-corrected chi connectivity index (χ0v) is 19.5. The second-order valence-electron chi connectivity index (χ2n) is 7.24. The number of hydrogen-bond acceptors (Lipinski definition) is 6. The SMILES string of the molecule is CCOc1ccc(NC(=O)c2ccc(-c3ccc(Cl)cc3)o2)cc1S(=O)(=O)N1CCOCC1. The van der Waals surface area contributed by atoms with Gasteiger partial charge < -0.3 is 19.2 Å². The Kier molecular flexibility index (Phi) is 7.04. The van der Waals surface area contributed by atoms with E-state index in [1.807, 2.05) is 0 Å². The highest BCUT2D eigenvalue weighted by molar-refractivity contribution is 7.89. The smallest absolute Gasteiger partial charge is 0.291 e. The van der Waals surface area contributed by atoms with Gasteiger partial charge in [0.05, 0.1) is 19.8 Å². The molecule has 0 aliphatic carbocycles. The van der Waals surface area contributed by atoms with Crippen molar-refractivity contribution in [1.29, 1.82) is 0 Å². The first-order valence-electron chi connectivity index (χ1n) is 10.4. The molecule has 33 heavy (non-hydrogen) atoms. The van der Waals surface area contributed by atoms with E-state index < -0.39 is 15.9 Å². The van der Waals surface area contributed by atoms with Crippen molar-refractivity contribution in [3.8, 4) is 17.1 Å². The van der Waals surface area contributed by atoms with Crippen molar-refractivity contribution >= 4 is 33.2 Å². The number of morpholine rings is 1. The lowest BCUT2D eigenvalue weighted by atomic mass is 10.2. The highest BCUT2D eigenvalue weighted by Crippen LogP contribution is 2.31. The van der Waals surface area contributed by atoms with Crippen LogP contribution >= 0.6 is 11.6 Å². The number of nitrogens with zero attached hydrogens (tertiary/aromatic N) is 1. The number of ether oxygens (including phenoxy) is 2. The van der Waals surface area contributed by atoms with Crippen LogP contribution in [-0.4, -0.2) is 51.5 Å². The molecule has 174 valence electrons. The molecule has 0 spiro atoms. The molecule has 1 aliphatic rings. The quantitative estimate of drug-likeness (QED) is 0.531. The molecule has 4 rings (SSSR count). The van der Waals surface area contributed by atoms with Crippen molar-refractivity contribution in [1.82, 2.24) is 4.31 Å². The third-order valence-electron chi connectivity index (χ3n) is 5.05. The molecule has 1 fully saturated rings. The van der Waals surface area contributed by atoms with Crippen molar-refractivity contribution in [2.45, 2.75) is 11.8 Å². The molecule has 2 heterocycles. The minimum atomic E-state index is -3.83. The molecule has 2 aromatic carbocycles. The molecule has 10 heteroatoms. The number of amides is 1. The van der Waals surface area contributed by atoms with Crippen molar-refractivity contribution in [3.63, 3.8) is 0 Å². The summed E-state index contributed by atoms with van der Waals surface area (Å²) in [5.74, 6) is 0.324. The average molecular weight is 491 g/mol. The van der Waals surface area contributed by atoms with Gasteiger partial charge in [0.2, 0.25) is 10.0 Å². The van der Waals surface area contributed by atoms with E-state index in [1.54, 1.807) is 49.4 Å². The first kappa shape index (κ1) is 23.3. The molecule has 8 nitrogen and oxygen atoms in total. The van der Waals surface area contributed by atoms with E-state index in [-0.39, 0.29) is 29.5 Å². The number of anilines is 1. The summed E-state index contributed by atoms with van der Waals surface area (Å²) >= 11 is 5.91. The first-order chi connectivity index (χ1) is 15.9. The fraction of sp³-hybridized carbons (Fsp3) is 0.261. The van der Waals surface area contributed by atoms with Gasteiger partial charge in [-0.3, -0.25) is 4.79 Å². The summed E-state index contributed by atoms with van der Waals surface area (Å²) in [6.45, 7) is 3.24. The minimum absolute atomic E-state index is 0.00894. The average Bonchev–Trinajstić information content (AvgIpc) is 3.32. The van der Waals surface area contributed by atoms with Gasteiger partial charge in [0.1, 0.15) is 16.4 Å². The standard InChI is InChI=1S/C23H23ClN2O6S/c1-2-31-20-8-7-18(15-22(20)33(28,29)26-11-13-30-14-12-26)25-23(27)21-10-9-19(32-21)16-3-5-17(24)6-4-16/h3-10,15H,2,11-14H2,1H3,(H,25,27). The zero-order chi connectivity index (χ0) is 23.4. The van der Waals surface area contributed by atoms with E-state index in [4.69, 9.17) is 25.5 Å². The molecule has 3 aromatic rings. The maximum atomic E-state index is 13.2. The second-order valence-corrected chi connectivity index (χ2v) is 9.58. The molecule has 0 saturated carbocycles. The van der Waals surface area contributed by atoms with Crippen LogP contribution in [0.4, 0.5) is 5.69 Å². The Morgan fingerprint density at radius 1 is 1.09 bits per heavy atom. The molecular formula is C23H23ClN2O6S. The fourth-order valence-electron chi connectivity index (χ4n) is 3.41. The van der Waals surface area contributed by atoms with Crippen molar-refractivity contribution in [2.24, 2.45) is 0 Å². The van der Waals surface area contributed by atoms with Gasteiger partial charge in [-0.15, -0.1) is 0 Å². The Balaban J connectivity index is 1.57. The van der Waals surface area contributed by atoms with Gasteiger partial charge in [-0.25, -0.2) is 8.42 Å². The predicted octanol–water partition coefficient (Wildman–Crippen LogP) is 4.27. The Hall–Kier alpha value is -2.85. The zero-order valence-electron chi connectivity index (χ0n) is 17.9. The largest absolute Gasteiger partial charge is 0.492 e. The van der Waals surface area contributed by atoms with Gasteiger partial charge in [-0.1, -0.05) is 11.6 Å². The number of rotatable bonds is 7. The van der Waals surface area contributed by atoms with Gasteiger partial charge >= 0.3 is 0 Å². The summed E-state index contributed by atoms with van der Waals surface area (Å²) in [6, 6.07) is 14.8. The van der Waals surface area contributed by atoms with Gasteiger partial charge in [-0.05, 0) is 61.5 Å². The van der Waals surface area contributed by atoms with Crippen LogP contribution in [0.3, 0.4) is 0 Å². The summed E-state index contributed by atoms with van der Waals surface area (Å²) in [5, 5.41) is 3.30. The van der Waals surface area contributed by atoms with Gasteiger partial charge in [0.15, 0.2) is 5.76 Å². The molecule has 0 bridgehead atoms. The summed E-state index contributed by atoms with van der Waals surface area (Å²) in [6.07, 6.45) is 0. The van der Waals surface area contributed by atoms with Crippen LogP contribution in [0.15, 0.2) is 63.9 Å². The highest BCUT2D eigenvalue weighted by atomic mass is 35.5. The van der Waals surface area contributed by atoms with Crippen LogP contribution < -0.4 is 10.1 Å². The lowest BCUT2D eigenvalue weighted by Gasteiger charge is -2.27. The molecule has 0 atom stereocenters. The first-order valence-corrected chi connectivity index (χ1v) is 12.2. The number of benzene rings is 2. The molecule has 1 saturated heterocycles. The Morgan fingerprint density at radius 3 is 2.52 bits per heavy atom. The van der Waals surface area contributed by atoms with Crippen molar-refractivity contribution < 1.29 is 27.1 Å². The third kappa shape index (κ3) is 5.22. The molecule has 1 N–H and O–H groups in total. The highest BCUT2D eigenvalue weighted by Gasteiger charge is 2.30. The summed E-state index contributed by atoms with van der Waals surface area (Å²) < 4.78 is 44.3. The Morgan fingerprint density at radius 2 is 1.82 bits per heavy atom. The summed E-state index contributed by atoms with van der Waals surface area (Å²) in [5.41, 5.74) is 1.08. The number of nitrogens with one attached hydrogen (secondary N) is 1. The summed E-state index contributed by atoms with van der Waals surface area (Å²) in [7, 11) is -3.83. The lowest BCUT2D eigenvalue weighted by molar-refractivity contribution is 0.0729. The number of furan rings is 1. The molecular weight excluding hydrogens is 468 g/mol. The normalized spacial score (nSPS) is 14.7. The van der Waals surface area contributed by atoms with Crippen molar-refractivity contribution in [2.75, 3.05) is 38.2 Å². The monoisotopic (exact) mass is 490 g/mol. The molecule has 1 amide bonds. The van der Waals surface area contributed by atoms with Gasteiger partial charge in [0, 0.05) is 29.4 Å². The Labute approximate surface area is 197 Å². The number of sulfonamides is 1. The van der Waals surface area contributed by atoms with Crippen LogP contribution in [-0.2, 0) is 14.8 Å². The number of carbonyl (C=O) groups is 1. The van der Waals surface area contributed by atoms with E-state index in [1.165, 1.54) is 16.4 Å². The van der Waals surface area contributed by atoms with Gasteiger partial charge in [0.25, 0.3) is 5.91 Å². The van der Waals surface area contributed by atoms with Crippen molar-refractivity contribution in [3.05, 3.63) is 65.4 Å². The van der Waals surface area contributed by atoms with Crippen LogP contribution in [0.25, 0.3) is 11.3 Å². The van der Waals surface area contributed by atoms with E-state index in [0.29, 0.717) is 36.3 Å². The molecule has 0 unspecified atom stereocenters. The number of halogens is 1. The third-order valence-corrected chi connectivity index (χ3v) is 7.22. The molecule has 0 radical (unpaired) electrons. The van der Waals surface area contributed by atoms with Crippen LogP contribution in [0.5, 0.6) is 5.75 Å². The van der Waals surface area contributed by atoms with Crippen LogP contribution in [0.1, 0.15) is 17.5 Å². The molecule has 1 aliphatic heterocycles. The van der Waals surface area contributed by atoms with E-state index in [2.05, 4.69) is 5.32 Å². The fourth-order valence-corrected chi connectivity index (χ4v) is 5.10. The topological polar surface area (TPSA) is 98.1 Å². The van der Waals surface area contributed by atoms with E-state index in [9.17, 15) is 13.2 Å². The lowest BCUT2D eigenvalue weighted by Crippen LogP contribution is -2.40. The second kappa shape index (κ2) is 9.96. The molecule has 1 aromatic heterocycles. The maximum Gasteiger partial charge on any atom is 0.291 e. The minimum Gasteiger partial charge on any atom is -0.492 e. The van der Waals surface area contributed by atoms with Crippen LogP contribution in [0, 0.1) is 0 Å². The number of hydrogen-bond donors (Lipinski definition) is 1. The van der Waals surface area contributed by atoms with E-state index in [0.717, 1.165) is 5.56 Å². The van der Waals surface area contributed by atoms with E-state index >= 15 is 0 Å². The maximum absolute atomic E-state index is 13.2. The van der Waals surface area contributed by atoms with Gasteiger partial charge in [-0.2, -0.15) is 4.31 Å². The predicted molar refractivity (Wildman–Crippen MR) is 124 cm³/mol. The Bertz CT molecular complexity index is 1230. The number of carbonyl (C=O) groups excluding carboxylic acids is 1. The summed E-state index contributed by atoms with van der Waals surface area (Å²) in [4.78, 5) is 12.7.